The predicted molar refractivity (Wildman–Crippen MR) is 101 cm³/mol. The Labute approximate surface area is 157 Å². The number of hydrogen-bond acceptors (Lipinski definition) is 3. The Morgan fingerprint density at radius 3 is 2.72 bits per heavy atom. The van der Waals surface area contributed by atoms with Crippen LogP contribution in [0, 0.1) is 12.7 Å². The fourth-order valence-electron chi connectivity index (χ4n) is 2.97. The van der Waals surface area contributed by atoms with Gasteiger partial charge in [-0.15, -0.1) is 0 Å². The molecule has 1 atom stereocenters. The van der Waals surface area contributed by atoms with Gasteiger partial charge < -0.3 is 0 Å². The van der Waals surface area contributed by atoms with Gasteiger partial charge in [-0.2, -0.15) is 16.1 Å². The van der Waals surface area contributed by atoms with Gasteiger partial charge in [-0.3, -0.25) is 0 Å². The third kappa shape index (κ3) is 4.03. The molecule has 3 nitrogen and oxygen atoms in total. The number of rotatable bonds is 3. The summed E-state index contributed by atoms with van der Waals surface area (Å²) in [6, 6.07) is 11.6. The summed E-state index contributed by atoms with van der Waals surface area (Å²) < 4.78 is 41.5. The maximum Gasteiger partial charge on any atom is 0.243 e. The lowest BCUT2D eigenvalue weighted by atomic mass is 10.1. The number of nitrogens with zero attached hydrogens (tertiary/aromatic N) is 1. The van der Waals surface area contributed by atoms with Gasteiger partial charge in [0.2, 0.25) is 10.0 Å². The standard InChI is InChI=1S/C18H19ClFNO2S2/c1-13-6-7-14(19)12-18(13)25(22,23)21-9-8-17(24-11-10-21)15-4-2-3-5-16(15)20/h2-7,12,17H,8-11H2,1H3. The summed E-state index contributed by atoms with van der Waals surface area (Å²) >= 11 is 7.59. The molecule has 0 amide bonds. The Bertz CT molecular complexity index is 873. The van der Waals surface area contributed by atoms with E-state index in [4.69, 9.17) is 11.6 Å². The van der Waals surface area contributed by atoms with Gasteiger partial charge in [-0.1, -0.05) is 35.9 Å². The summed E-state index contributed by atoms with van der Waals surface area (Å²) in [7, 11) is -3.61. The van der Waals surface area contributed by atoms with Crippen molar-refractivity contribution in [3.05, 3.63) is 64.4 Å². The van der Waals surface area contributed by atoms with E-state index in [-0.39, 0.29) is 16.0 Å². The normalized spacial score (nSPS) is 19.6. The highest BCUT2D eigenvalue weighted by atomic mass is 35.5. The summed E-state index contributed by atoms with van der Waals surface area (Å²) in [5.74, 6) is 0.389. The van der Waals surface area contributed by atoms with Crippen molar-refractivity contribution in [1.82, 2.24) is 4.31 Å². The Morgan fingerprint density at radius 1 is 1.20 bits per heavy atom. The topological polar surface area (TPSA) is 37.4 Å². The molecule has 1 heterocycles. The van der Waals surface area contributed by atoms with Crippen LogP contribution >= 0.6 is 23.4 Å². The summed E-state index contributed by atoms with van der Waals surface area (Å²) in [6.07, 6.45) is 0.574. The average molecular weight is 400 g/mol. The summed E-state index contributed by atoms with van der Waals surface area (Å²) in [5.41, 5.74) is 1.32. The monoisotopic (exact) mass is 399 g/mol. The molecule has 1 aliphatic rings. The molecule has 0 bridgehead atoms. The summed E-state index contributed by atoms with van der Waals surface area (Å²) in [5, 5.41) is 0.361. The molecule has 7 heteroatoms. The van der Waals surface area contributed by atoms with Crippen LogP contribution in [0.1, 0.15) is 22.8 Å². The third-order valence-electron chi connectivity index (χ3n) is 4.32. The van der Waals surface area contributed by atoms with Crippen molar-refractivity contribution in [3.63, 3.8) is 0 Å². The second-order valence-electron chi connectivity index (χ2n) is 5.98. The molecule has 1 saturated heterocycles. The molecule has 1 aliphatic heterocycles. The predicted octanol–water partition coefficient (Wildman–Crippen LogP) is 4.66. The van der Waals surface area contributed by atoms with Crippen LogP contribution < -0.4 is 0 Å². The highest BCUT2D eigenvalue weighted by molar-refractivity contribution is 7.99. The summed E-state index contributed by atoms with van der Waals surface area (Å²) in [4.78, 5) is 0.245. The molecule has 0 spiro atoms. The zero-order valence-corrected chi connectivity index (χ0v) is 16.2. The van der Waals surface area contributed by atoms with Crippen LogP contribution in [0.5, 0.6) is 0 Å². The molecule has 0 aliphatic carbocycles. The molecule has 134 valence electrons. The zero-order valence-electron chi connectivity index (χ0n) is 13.8. The van der Waals surface area contributed by atoms with E-state index in [0.717, 1.165) is 0 Å². The van der Waals surface area contributed by atoms with Crippen LogP contribution in [0.3, 0.4) is 0 Å². The van der Waals surface area contributed by atoms with Gasteiger partial charge >= 0.3 is 0 Å². The average Bonchev–Trinajstić information content (AvgIpc) is 2.84. The van der Waals surface area contributed by atoms with Crippen LogP contribution in [-0.4, -0.2) is 31.6 Å². The first-order chi connectivity index (χ1) is 11.9. The van der Waals surface area contributed by atoms with Gasteiger partial charge in [0, 0.05) is 34.7 Å². The van der Waals surface area contributed by atoms with Gasteiger partial charge in [0.05, 0.1) is 4.90 Å². The number of benzene rings is 2. The van der Waals surface area contributed by atoms with E-state index in [0.29, 0.717) is 41.4 Å². The fourth-order valence-corrected chi connectivity index (χ4v) is 6.28. The second kappa shape index (κ2) is 7.66. The molecule has 1 fully saturated rings. The Kier molecular flexibility index (Phi) is 5.73. The van der Waals surface area contributed by atoms with Crippen LogP contribution in [0.15, 0.2) is 47.4 Å². The molecule has 1 unspecified atom stereocenters. The van der Waals surface area contributed by atoms with Crippen molar-refractivity contribution >= 4 is 33.4 Å². The number of hydrogen-bond donors (Lipinski definition) is 0. The van der Waals surface area contributed by atoms with Gasteiger partial charge in [-0.25, -0.2) is 12.8 Å². The molecule has 3 rings (SSSR count). The molecule has 0 aromatic heterocycles. The number of sulfonamides is 1. The minimum Gasteiger partial charge on any atom is -0.207 e. The van der Waals surface area contributed by atoms with Gasteiger partial charge in [0.25, 0.3) is 0 Å². The van der Waals surface area contributed by atoms with E-state index < -0.39 is 10.0 Å². The smallest absolute Gasteiger partial charge is 0.207 e. The first-order valence-electron chi connectivity index (χ1n) is 8.02. The number of thioether (sulfide) groups is 1. The first-order valence-corrected chi connectivity index (χ1v) is 10.9. The first kappa shape index (κ1) is 18.7. The number of halogens is 2. The van der Waals surface area contributed by atoms with E-state index in [1.54, 1.807) is 43.0 Å². The van der Waals surface area contributed by atoms with Crippen molar-refractivity contribution in [2.75, 3.05) is 18.8 Å². The largest absolute Gasteiger partial charge is 0.243 e. The molecule has 0 radical (unpaired) electrons. The fraction of sp³-hybridized carbons (Fsp3) is 0.333. The van der Waals surface area contributed by atoms with Gasteiger partial charge in [0.15, 0.2) is 0 Å². The Balaban J connectivity index is 1.83. The molecule has 2 aromatic carbocycles. The molecule has 0 N–H and O–H groups in total. The highest BCUT2D eigenvalue weighted by Crippen LogP contribution is 2.37. The lowest BCUT2D eigenvalue weighted by Crippen LogP contribution is -2.33. The van der Waals surface area contributed by atoms with Crippen molar-refractivity contribution in [1.29, 1.82) is 0 Å². The molecular formula is C18H19ClFNO2S2. The third-order valence-corrected chi connectivity index (χ3v) is 7.91. The minimum atomic E-state index is -3.61. The quantitative estimate of drug-likeness (QED) is 0.753. The van der Waals surface area contributed by atoms with Crippen LogP contribution in [-0.2, 0) is 10.0 Å². The van der Waals surface area contributed by atoms with Crippen LogP contribution in [0.25, 0.3) is 0 Å². The maximum absolute atomic E-state index is 14.0. The second-order valence-corrected chi connectivity index (χ2v) is 9.64. The van der Waals surface area contributed by atoms with Crippen LogP contribution in [0.2, 0.25) is 5.02 Å². The van der Waals surface area contributed by atoms with Crippen molar-refractivity contribution in [3.8, 4) is 0 Å². The SMILES string of the molecule is Cc1ccc(Cl)cc1S(=O)(=O)N1CCSC(c2ccccc2F)CC1. The Hall–Kier alpha value is -1.08. The van der Waals surface area contributed by atoms with Gasteiger partial charge in [-0.05, 0) is 37.1 Å². The van der Waals surface area contributed by atoms with Crippen LogP contribution in [0.4, 0.5) is 4.39 Å². The van der Waals surface area contributed by atoms with E-state index in [1.165, 1.54) is 16.4 Å². The molecular weight excluding hydrogens is 381 g/mol. The van der Waals surface area contributed by atoms with Crippen molar-refractivity contribution < 1.29 is 12.8 Å². The van der Waals surface area contributed by atoms with E-state index >= 15 is 0 Å². The minimum absolute atomic E-state index is 0.0399. The van der Waals surface area contributed by atoms with Crippen molar-refractivity contribution in [2.24, 2.45) is 0 Å². The van der Waals surface area contributed by atoms with E-state index in [1.807, 2.05) is 6.07 Å². The van der Waals surface area contributed by atoms with Gasteiger partial charge in [0.1, 0.15) is 5.82 Å². The lowest BCUT2D eigenvalue weighted by molar-refractivity contribution is 0.426. The number of aryl methyl sites for hydroxylation is 1. The zero-order chi connectivity index (χ0) is 18.0. The highest BCUT2D eigenvalue weighted by Gasteiger charge is 2.30. The molecule has 0 saturated carbocycles. The lowest BCUT2D eigenvalue weighted by Gasteiger charge is -2.21. The van der Waals surface area contributed by atoms with E-state index in [2.05, 4.69) is 0 Å². The Morgan fingerprint density at radius 2 is 1.96 bits per heavy atom. The molecule has 25 heavy (non-hydrogen) atoms. The van der Waals surface area contributed by atoms with Crippen molar-refractivity contribution in [2.45, 2.75) is 23.5 Å². The van der Waals surface area contributed by atoms with E-state index in [9.17, 15) is 12.8 Å². The summed E-state index contributed by atoms with van der Waals surface area (Å²) in [6.45, 7) is 2.53. The maximum atomic E-state index is 14.0. The molecule has 2 aromatic rings.